The largest absolute Gasteiger partial charge is 0.196 e. The highest BCUT2D eigenvalue weighted by Gasteiger charge is 2.35. The van der Waals surface area contributed by atoms with E-state index in [1.807, 2.05) is 13.8 Å². The van der Waals surface area contributed by atoms with Gasteiger partial charge in [-0.15, -0.1) is 0 Å². The third kappa shape index (κ3) is 1.10. The second kappa shape index (κ2) is 2.99. The predicted octanol–water partition coefficient (Wildman–Crippen LogP) is 2.54. The Morgan fingerprint density at radius 1 is 1.25 bits per heavy atom. The maximum absolute atomic E-state index is 8.92. The van der Waals surface area contributed by atoms with Crippen LogP contribution in [0.3, 0.4) is 0 Å². The third-order valence-corrected chi connectivity index (χ3v) is 2.77. The Morgan fingerprint density at radius 3 is 2.25 bits per heavy atom. The zero-order valence-corrected chi connectivity index (χ0v) is 7.52. The van der Waals surface area contributed by atoms with E-state index in [9.17, 15) is 0 Å². The Bertz CT molecular complexity index is 285. The zero-order chi connectivity index (χ0) is 9.19. The number of hydrogen-bond donors (Lipinski definition) is 0. The molecule has 1 rings (SSSR count). The van der Waals surface area contributed by atoms with Crippen LogP contribution in [0.5, 0.6) is 0 Å². The van der Waals surface area contributed by atoms with Crippen molar-refractivity contribution in [2.45, 2.75) is 33.1 Å². The lowest BCUT2D eigenvalue weighted by atomic mass is 9.73. The minimum atomic E-state index is -0.817. The summed E-state index contributed by atoms with van der Waals surface area (Å²) in [6.45, 7) is 3.92. The van der Waals surface area contributed by atoms with Crippen LogP contribution in [-0.4, -0.2) is 0 Å². The lowest BCUT2D eigenvalue weighted by Gasteiger charge is -2.26. The highest BCUT2D eigenvalue weighted by Crippen LogP contribution is 2.39. The van der Waals surface area contributed by atoms with Crippen molar-refractivity contribution in [2.24, 2.45) is 5.41 Å². The second-order valence-electron chi connectivity index (χ2n) is 3.39. The normalized spacial score (nSPS) is 21.3. The molecule has 0 aromatic rings. The summed E-state index contributed by atoms with van der Waals surface area (Å²) in [4.78, 5) is 0. The molecule has 0 aliphatic heterocycles. The average molecular weight is 160 g/mol. The van der Waals surface area contributed by atoms with E-state index in [-0.39, 0.29) is 0 Å². The van der Waals surface area contributed by atoms with Crippen LogP contribution in [0.15, 0.2) is 11.1 Å². The van der Waals surface area contributed by atoms with E-state index in [0.717, 1.165) is 18.4 Å². The van der Waals surface area contributed by atoms with Crippen molar-refractivity contribution in [3.63, 3.8) is 0 Å². The van der Waals surface area contributed by atoms with Crippen LogP contribution in [0.25, 0.3) is 0 Å². The number of nitrogens with zero attached hydrogens (tertiary/aromatic N) is 2. The van der Waals surface area contributed by atoms with Crippen molar-refractivity contribution in [3.05, 3.63) is 11.1 Å². The molecule has 0 aromatic carbocycles. The Kier molecular flexibility index (Phi) is 2.20. The molecule has 0 aromatic heterocycles. The summed E-state index contributed by atoms with van der Waals surface area (Å²) in [5, 5.41) is 17.8. The van der Waals surface area contributed by atoms with Gasteiger partial charge in [-0.3, -0.25) is 0 Å². The van der Waals surface area contributed by atoms with Gasteiger partial charge in [0.15, 0.2) is 5.41 Å². The molecular weight excluding hydrogens is 148 g/mol. The molecular formula is C10H12N2. The fourth-order valence-electron chi connectivity index (χ4n) is 1.66. The predicted molar refractivity (Wildman–Crippen MR) is 45.9 cm³/mol. The smallest absolute Gasteiger partial charge is 0.164 e. The van der Waals surface area contributed by atoms with Crippen molar-refractivity contribution in [3.8, 4) is 12.1 Å². The lowest BCUT2D eigenvalue weighted by Crippen LogP contribution is -2.22. The van der Waals surface area contributed by atoms with Crippen molar-refractivity contribution in [1.82, 2.24) is 0 Å². The van der Waals surface area contributed by atoms with Crippen LogP contribution >= 0.6 is 0 Å². The van der Waals surface area contributed by atoms with Crippen molar-refractivity contribution in [1.29, 1.82) is 10.5 Å². The van der Waals surface area contributed by atoms with E-state index in [1.54, 1.807) is 0 Å². The first kappa shape index (κ1) is 8.81. The molecule has 0 saturated heterocycles. The molecule has 0 atom stereocenters. The average Bonchev–Trinajstić information content (AvgIpc) is 2.11. The van der Waals surface area contributed by atoms with Crippen molar-refractivity contribution < 1.29 is 0 Å². The number of allylic oxidation sites excluding steroid dienone is 2. The topological polar surface area (TPSA) is 47.6 Å². The SMILES string of the molecule is CC1=C(C)C(C#N)(C#N)CCC1. The van der Waals surface area contributed by atoms with Gasteiger partial charge in [0.2, 0.25) is 0 Å². The standard InChI is InChI=1S/C10H12N2/c1-8-4-3-5-10(6-11,7-12)9(8)2/h3-5H2,1-2H3. The van der Waals surface area contributed by atoms with E-state index >= 15 is 0 Å². The molecule has 0 bridgehead atoms. The molecule has 0 saturated carbocycles. The highest BCUT2D eigenvalue weighted by molar-refractivity contribution is 5.36. The maximum atomic E-state index is 8.92. The molecule has 0 amide bonds. The summed E-state index contributed by atoms with van der Waals surface area (Å²) in [5.74, 6) is 0. The highest BCUT2D eigenvalue weighted by atomic mass is 14.4. The third-order valence-electron chi connectivity index (χ3n) is 2.77. The van der Waals surface area contributed by atoms with Gasteiger partial charge in [0.25, 0.3) is 0 Å². The fourth-order valence-corrected chi connectivity index (χ4v) is 1.66. The van der Waals surface area contributed by atoms with Crippen molar-refractivity contribution >= 4 is 0 Å². The van der Waals surface area contributed by atoms with E-state index in [0.29, 0.717) is 6.42 Å². The fraction of sp³-hybridized carbons (Fsp3) is 0.600. The quantitative estimate of drug-likeness (QED) is 0.511. The van der Waals surface area contributed by atoms with Crippen LogP contribution in [0.2, 0.25) is 0 Å². The van der Waals surface area contributed by atoms with Gasteiger partial charge in [-0.25, -0.2) is 0 Å². The summed E-state index contributed by atoms with van der Waals surface area (Å²) in [7, 11) is 0. The van der Waals surface area contributed by atoms with Gasteiger partial charge in [0.05, 0.1) is 12.1 Å². The van der Waals surface area contributed by atoms with Crippen LogP contribution in [0, 0.1) is 28.1 Å². The first-order valence-corrected chi connectivity index (χ1v) is 4.15. The molecule has 0 heterocycles. The van der Waals surface area contributed by atoms with Crippen LogP contribution < -0.4 is 0 Å². The molecule has 1 aliphatic carbocycles. The van der Waals surface area contributed by atoms with Crippen LogP contribution in [0.1, 0.15) is 33.1 Å². The Hall–Kier alpha value is -1.28. The van der Waals surface area contributed by atoms with Gasteiger partial charge in [-0.05, 0) is 38.7 Å². The number of hydrogen-bond acceptors (Lipinski definition) is 2. The van der Waals surface area contributed by atoms with Gasteiger partial charge in [0.1, 0.15) is 0 Å². The van der Waals surface area contributed by atoms with Gasteiger partial charge in [-0.2, -0.15) is 10.5 Å². The molecule has 62 valence electrons. The monoisotopic (exact) mass is 160 g/mol. The number of rotatable bonds is 0. The molecule has 12 heavy (non-hydrogen) atoms. The maximum Gasteiger partial charge on any atom is 0.164 e. The van der Waals surface area contributed by atoms with E-state index in [1.165, 1.54) is 5.57 Å². The molecule has 0 unspecified atom stereocenters. The minimum absolute atomic E-state index is 0.698. The molecule has 0 spiro atoms. The second-order valence-corrected chi connectivity index (χ2v) is 3.39. The van der Waals surface area contributed by atoms with Gasteiger partial charge in [0, 0.05) is 0 Å². The summed E-state index contributed by atoms with van der Waals surface area (Å²) < 4.78 is 0. The number of nitriles is 2. The molecule has 2 nitrogen and oxygen atoms in total. The van der Waals surface area contributed by atoms with E-state index in [2.05, 4.69) is 12.1 Å². The first-order chi connectivity index (χ1) is 5.66. The molecule has 0 radical (unpaired) electrons. The molecule has 0 N–H and O–H groups in total. The molecule has 0 fully saturated rings. The van der Waals surface area contributed by atoms with Crippen LogP contribution in [-0.2, 0) is 0 Å². The van der Waals surface area contributed by atoms with E-state index in [4.69, 9.17) is 10.5 Å². The molecule has 2 heteroatoms. The first-order valence-electron chi connectivity index (χ1n) is 4.15. The van der Waals surface area contributed by atoms with Gasteiger partial charge >= 0.3 is 0 Å². The summed E-state index contributed by atoms with van der Waals surface area (Å²) in [6.07, 6.45) is 2.70. The van der Waals surface area contributed by atoms with Crippen molar-refractivity contribution in [2.75, 3.05) is 0 Å². The van der Waals surface area contributed by atoms with E-state index < -0.39 is 5.41 Å². The Morgan fingerprint density at radius 2 is 1.83 bits per heavy atom. The Balaban J connectivity index is 3.17. The summed E-state index contributed by atoms with van der Waals surface area (Å²) in [5.41, 5.74) is 1.37. The van der Waals surface area contributed by atoms with Crippen LogP contribution in [0.4, 0.5) is 0 Å². The summed E-state index contributed by atoms with van der Waals surface area (Å²) in [6, 6.07) is 4.26. The van der Waals surface area contributed by atoms with Gasteiger partial charge in [-0.1, -0.05) is 5.57 Å². The zero-order valence-electron chi connectivity index (χ0n) is 7.52. The molecule has 1 aliphatic rings. The van der Waals surface area contributed by atoms with Gasteiger partial charge < -0.3 is 0 Å². The Labute approximate surface area is 73.1 Å². The summed E-state index contributed by atoms with van der Waals surface area (Å²) >= 11 is 0. The lowest BCUT2D eigenvalue weighted by molar-refractivity contribution is 0.490. The minimum Gasteiger partial charge on any atom is -0.196 e.